The number of benzene rings is 1. The van der Waals surface area contributed by atoms with Crippen molar-refractivity contribution in [3.8, 4) is 5.75 Å². The summed E-state index contributed by atoms with van der Waals surface area (Å²) in [6, 6.07) is 5.70. The molecule has 0 spiro atoms. The van der Waals surface area contributed by atoms with Crippen molar-refractivity contribution in [3.63, 3.8) is 0 Å². The molecule has 3 nitrogen and oxygen atoms in total. The van der Waals surface area contributed by atoms with Gasteiger partial charge in [0.25, 0.3) is 5.91 Å². The van der Waals surface area contributed by atoms with Crippen LogP contribution in [0.5, 0.6) is 5.75 Å². The van der Waals surface area contributed by atoms with Gasteiger partial charge >= 0.3 is 0 Å². The monoisotopic (exact) mass is 265 g/mol. The Morgan fingerprint density at radius 3 is 2.42 bits per heavy atom. The summed E-state index contributed by atoms with van der Waals surface area (Å²) in [5.74, 6) is 0.212. The van der Waals surface area contributed by atoms with E-state index in [0.29, 0.717) is 11.2 Å². The molecule has 19 heavy (non-hydrogen) atoms. The Bertz CT molecular complexity index is 432. The van der Waals surface area contributed by atoms with Crippen molar-refractivity contribution < 1.29 is 13.9 Å². The van der Waals surface area contributed by atoms with Crippen LogP contribution < -0.4 is 4.74 Å². The third-order valence-corrected chi connectivity index (χ3v) is 3.65. The fourth-order valence-corrected chi connectivity index (χ4v) is 2.13. The molecule has 1 heterocycles. The molecule has 1 aliphatic heterocycles. The summed E-state index contributed by atoms with van der Waals surface area (Å²) in [5, 5.41) is 0. The van der Waals surface area contributed by atoms with Gasteiger partial charge in [-0.05, 0) is 42.5 Å². The first-order chi connectivity index (χ1) is 8.96. The highest BCUT2D eigenvalue weighted by molar-refractivity contribution is 5.77. The van der Waals surface area contributed by atoms with Crippen molar-refractivity contribution in [2.45, 2.75) is 26.7 Å². The summed E-state index contributed by atoms with van der Waals surface area (Å²) in [6.07, 6.45) is 2.05. The van der Waals surface area contributed by atoms with Gasteiger partial charge in [0.1, 0.15) is 11.6 Å². The Labute approximate surface area is 113 Å². The van der Waals surface area contributed by atoms with Crippen LogP contribution in [0.1, 0.15) is 26.7 Å². The Morgan fingerprint density at radius 2 is 1.84 bits per heavy atom. The summed E-state index contributed by atoms with van der Waals surface area (Å²) in [5.41, 5.74) is 0.328. The van der Waals surface area contributed by atoms with E-state index in [1.807, 2.05) is 4.90 Å². The maximum atomic E-state index is 12.7. The quantitative estimate of drug-likeness (QED) is 0.841. The number of amides is 1. The highest BCUT2D eigenvalue weighted by Gasteiger charge is 2.27. The number of ether oxygens (including phenoxy) is 1. The molecule has 4 heteroatoms. The Balaban J connectivity index is 1.80. The zero-order valence-electron chi connectivity index (χ0n) is 11.5. The van der Waals surface area contributed by atoms with E-state index < -0.39 is 0 Å². The second-order valence-corrected chi connectivity index (χ2v) is 5.79. The number of rotatable bonds is 3. The van der Waals surface area contributed by atoms with Gasteiger partial charge in [-0.2, -0.15) is 0 Å². The maximum Gasteiger partial charge on any atom is 0.260 e. The highest BCUT2D eigenvalue weighted by Crippen LogP contribution is 2.29. The Morgan fingerprint density at radius 1 is 1.26 bits per heavy atom. The normalized spacial score (nSPS) is 18.2. The van der Waals surface area contributed by atoms with Crippen LogP contribution in [-0.4, -0.2) is 30.5 Å². The first-order valence-corrected chi connectivity index (χ1v) is 6.62. The second-order valence-electron chi connectivity index (χ2n) is 5.79. The fraction of sp³-hybridized carbons (Fsp3) is 0.533. The molecular formula is C15H20FNO2. The lowest BCUT2D eigenvalue weighted by Gasteiger charge is -2.36. The lowest BCUT2D eigenvalue weighted by Crippen LogP contribution is -2.43. The van der Waals surface area contributed by atoms with Gasteiger partial charge in [-0.15, -0.1) is 0 Å². The third-order valence-electron chi connectivity index (χ3n) is 3.65. The first kappa shape index (κ1) is 13.8. The van der Waals surface area contributed by atoms with E-state index in [0.717, 1.165) is 25.9 Å². The minimum absolute atomic E-state index is 0.000162. The SMILES string of the molecule is CC1(C)CCN(C(=O)COc2ccc(F)cc2)CC1. The van der Waals surface area contributed by atoms with Gasteiger partial charge in [0, 0.05) is 13.1 Å². The third kappa shape index (κ3) is 3.94. The lowest BCUT2D eigenvalue weighted by atomic mass is 9.83. The molecule has 2 rings (SSSR count). The molecule has 1 aliphatic rings. The zero-order chi connectivity index (χ0) is 13.9. The number of carbonyl (C=O) groups is 1. The number of likely N-dealkylation sites (tertiary alicyclic amines) is 1. The van der Waals surface area contributed by atoms with Crippen molar-refractivity contribution >= 4 is 5.91 Å². The van der Waals surface area contributed by atoms with Crippen LogP contribution in [0.4, 0.5) is 4.39 Å². The van der Waals surface area contributed by atoms with Gasteiger partial charge in [-0.1, -0.05) is 13.8 Å². The number of hydrogen-bond acceptors (Lipinski definition) is 2. The highest BCUT2D eigenvalue weighted by atomic mass is 19.1. The average Bonchev–Trinajstić information content (AvgIpc) is 2.37. The van der Waals surface area contributed by atoms with E-state index in [-0.39, 0.29) is 18.3 Å². The van der Waals surface area contributed by atoms with Crippen molar-refractivity contribution in [1.29, 1.82) is 0 Å². The first-order valence-electron chi connectivity index (χ1n) is 6.62. The van der Waals surface area contributed by atoms with Gasteiger partial charge in [0.15, 0.2) is 6.61 Å². The minimum Gasteiger partial charge on any atom is -0.484 e. The standard InChI is InChI=1S/C15H20FNO2/c1-15(2)7-9-17(10-8-15)14(18)11-19-13-5-3-12(16)4-6-13/h3-6H,7-11H2,1-2H3. The van der Waals surface area contributed by atoms with Gasteiger partial charge in [0.2, 0.25) is 0 Å². The summed E-state index contributed by atoms with van der Waals surface area (Å²) in [6.45, 7) is 6.05. The van der Waals surface area contributed by atoms with Gasteiger partial charge in [0.05, 0.1) is 0 Å². The summed E-state index contributed by atoms with van der Waals surface area (Å²) >= 11 is 0. The van der Waals surface area contributed by atoms with Gasteiger partial charge < -0.3 is 9.64 Å². The van der Waals surface area contributed by atoms with Gasteiger partial charge in [-0.3, -0.25) is 4.79 Å². The van der Waals surface area contributed by atoms with Crippen molar-refractivity contribution in [3.05, 3.63) is 30.1 Å². The van der Waals surface area contributed by atoms with Crippen LogP contribution in [0.3, 0.4) is 0 Å². The van der Waals surface area contributed by atoms with Crippen LogP contribution in [0.15, 0.2) is 24.3 Å². The summed E-state index contributed by atoms with van der Waals surface area (Å²) in [7, 11) is 0. The second kappa shape index (κ2) is 5.59. The molecule has 1 aromatic carbocycles. The molecule has 0 aliphatic carbocycles. The molecule has 0 aromatic heterocycles. The van der Waals surface area contributed by atoms with E-state index in [9.17, 15) is 9.18 Å². The Hall–Kier alpha value is -1.58. The molecule has 1 saturated heterocycles. The van der Waals surface area contributed by atoms with Crippen molar-refractivity contribution in [2.75, 3.05) is 19.7 Å². The topological polar surface area (TPSA) is 29.5 Å². The van der Waals surface area contributed by atoms with Crippen LogP contribution in [0.2, 0.25) is 0 Å². The lowest BCUT2D eigenvalue weighted by molar-refractivity contribution is -0.135. The Kier molecular flexibility index (Phi) is 4.08. The fourth-order valence-electron chi connectivity index (χ4n) is 2.13. The number of halogens is 1. The van der Waals surface area contributed by atoms with Crippen molar-refractivity contribution in [2.24, 2.45) is 5.41 Å². The molecule has 0 saturated carbocycles. The molecule has 0 atom stereocenters. The zero-order valence-corrected chi connectivity index (χ0v) is 11.5. The molecule has 1 amide bonds. The summed E-state index contributed by atoms with van der Waals surface area (Å²) in [4.78, 5) is 13.8. The molecule has 0 unspecified atom stereocenters. The number of carbonyl (C=O) groups excluding carboxylic acids is 1. The molecule has 0 radical (unpaired) electrons. The van der Waals surface area contributed by atoms with E-state index >= 15 is 0 Å². The number of hydrogen-bond donors (Lipinski definition) is 0. The average molecular weight is 265 g/mol. The predicted molar refractivity (Wildman–Crippen MR) is 71.5 cm³/mol. The van der Waals surface area contributed by atoms with E-state index in [1.165, 1.54) is 24.3 Å². The van der Waals surface area contributed by atoms with Gasteiger partial charge in [-0.25, -0.2) is 4.39 Å². The van der Waals surface area contributed by atoms with Crippen LogP contribution in [0.25, 0.3) is 0 Å². The number of nitrogens with zero attached hydrogens (tertiary/aromatic N) is 1. The largest absolute Gasteiger partial charge is 0.484 e. The van der Waals surface area contributed by atoms with Crippen LogP contribution in [-0.2, 0) is 4.79 Å². The molecular weight excluding hydrogens is 245 g/mol. The maximum absolute atomic E-state index is 12.7. The molecule has 1 aromatic rings. The predicted octanol–water partition coefficient (Wildman–Crippen LogP) is 2.85. The van der Waals surface area contributed by atoms with Crippen molar-refractivity contribution in [1.82, 2.24) is 4.90 Å². The van der Waals surface area contributed by atoms with E-state index in [1.54, 1.807) is 0 Å². The van der Waals surface area contributed by atoms with Crippen LogP contribution >= 0.6 is 0 Å². The summed E-state index contributed by atoms with van der Waals surface area (Å²) < 4.78 is 18.1. The van der Waals surface area contributed by atoms with Crippen LogP contribution in [0, 0.1) is 11.2 Å². The van der Waals surface area contributed by atoms with E-state index in [2.05, 4.69) is 13.8 Å². The molecule has 1 fully saturated rings. The smallest absolute Gasteiger partial charge is 0.260 e. The molecule has 0 bridgehead atoms. The molecule has 104 valence electrons. The molecule has 0 N–H and O–H groups in total. The number of piperidine rings is 1. The van der Waals surface area contributed by atoms with E-state index in [4.69, 9.17) is 4.74 Å². The minimum atomic E-state index is -0.308.